The zero-order chi connectivity index (χ0) is 14.4. The molecule has 0 atom stereocenters. The Labute approximate surface area is 118 Å². The lowest BCUT2D eigenvalue weighted by molar-refractivity contribution is 0.385. The molecule has 0 fully saturated rings. The molecule has 2 N–H and O–H groups in total. The molecule has 0 spiro atoms. The van der Waals surface area contributed by atoms with Crippen LogP contribution in [0.5, 0.6) is 0 Å². The van der Waals surface area contributed by atoms with Crippen molar-refractivity contribution in [2.75, 3.05) is 0 Å². The summed E-state index contributed by atoms with van der Waals surface area (Å²) in [5.74, 6) is 1.09. The highest BCUT2D eigenvalue weighted by molar-refractivity contribution is 7.55. The lowest BCUT2D eigenvalue weighted by Crippen LogP contribution is -1.96. The molecule has 0 saturated carbocycles. The van der Waals surface area contributed by atoms with E-state index >= 15 is 0 Å². The van der Waals surface area contributed by atoms with Gasteiger partial charge in [0.05, 0.1) is 0 Å². The normalized spacial score (nSPS) is 11.1. The summed E-state index contributed by atoms with van der Waals surface area (Å²) in [4.78, 5) is 18.4. The second-order valence-electron chi connectivity index (χ2n) is 4.70. The van der Waals surface area contributed by atoms with Crippen molar-refractivity contribution in [2.24, 2.45) is 0 Å². The van der Waals surface area contributed by atoms with E-state index in [0.717, 1.165) is 22.5 Å². The molecule has 0 unspecified atom stereocenters. The van der Waals surface area contributed by atoms with Crippen molar-refractivity contribution < 1.29 is 14.4 Å². The van der Waals surface area contributed by atoms with Gasteiger partial charge < -0.3 is 9.79 Å². The highest BCUT2D eigenvalue weighted by atomic mass is 31.2. The Morgan fingerprint density at radius 1 is 0.850 bits per heavy atom. The van der Waals surface area contributed by atoms with E-state index in [1.54, 1.807) is 0 Å². The quantitative estimate of drug-likeness (QED) is 0.827. The van der Waals surface area contributed by atoms with Gasteiger partial charge in [0.1, 0.15) is 0 Å². The lowest BCUT2D eigenvalue weighted by atomic mass is 10.00. The fourth-order valence-corrected chi connectivity index (χ4v) is 2.77. The van der Waals surface area contributed by atoms with E-state index in [9.17, 15) is 14.4 Å². The molecule has 0 aliphatic heterocycles. The number of allylic oxidation sites excluding steroid dienone is 1. The summed E-state index contributed by atoms with van der Waals surface area (Å²) in [7, 11) is -4.16. The first-order valence-corrected chi connectivity index (χ1v) is 8.05. The van der Waals surface area contributed by atoms with E-state index in [1.807, 2.05) is 60.7 Å². The summed E-state index contributed by atoms with van der Waals surface area (Å²) in [6, 6.07) is 19.4. The Bertz CT molecular complexity index is 571. The number of hydrogen-bond acceptors (Lipinski definition) is 1. The molecule has 0 aliphatic rings. The monoisotopic (exact) mass is 288 g/mol. The van der Waals surface area contributed by atoms with Crippen molar-refractivity contribution in [1.82, 2.24) is 0 Å². The molecule has 0 radical (unpaired) electrons. The maximum atomic E-state index is 11.2. The maximum Gasteiger partial charge on any atom is 0.349 e. The van der Waals surface area contributed by atoms with E-state index < -0.39 is 7.60 Å². The van der Waals surface area contributed by atoms with Crippen molar-refractivity contribution in [3.63, 3.8) is 0 Å². The van der Waals surface area contributed by atoms with E-state index in [-0.39, 0.29) is 0 Å². The Balaban J connectivity index is 2.22. The molecule has 0 aliphatic carbocycles. The van der Waals surface area contributed by atoms with Gasteiger partial charge in [0.25, 0.3) is 0 Å². The largest absolute Gasteiger partial charge is 0.349 e. The summed E-state index contributed by atoms with van der Waals surface area (Å²) in [6.07, 6.45) is 1.09. The molecule has 104 valence electrons. The standard InChI is InChI=1S/C16H17O3P/c17-20(18,19)13-16(11-14-7-3-1-4-8-14)12-15-9-5-2-6-10-15/h1-10,13H,11-12H2,(H2,17,18,19). The topological polar surface area (TPSA) is 57.5 Å². The first-order chi connectivity index (χ1) is 9.53. The van der Waals surface area contributed by atoms with Crippen LogP contribution in [0, 0.1) is 0 Å². The van der Waals surface area contributed by atoms with E-state index in [1.165, 1.54) is 0 Å². The van der Waals surface area contributed by atoms with Crippen LogP contribution in [0.4, 0.5) is 0 Å². The van der Waals surface area contributed by atoms with Gasteiger partial charge in [0.15, 0.2) is 0 Å². The third-order valence-electron chi connectivity index (χ3n) is 2.90. The fraction of sp³-hybridized carbons (Fsp3) is 0.125. The third-order valence-corrected chi connectivity index (χ3v) is 3.60. The van der Waals surface area contributed by atoms with Crippen LogP contribution in [-0.2, 0) is 17.4 Å². The lowest BCUT2D eigenvalue weighted by Gasteiger charge is -2.09. The van der Waals surface area contributed by atoms with Gasteiger partial charge in [0.2, 0.25) is 0 Å². The molecule has 0 amide bonds. The van der Waals surface area contributed by atoms with Crippen LogP contribution in [0.1, 0.15) is 11.1 Å². The van der Waals surface area contributed by atoms with Crippen LogP contribution in [-0.4, -0.2) is 9.79 Å². The maximum absolute atomic E-state index is 11.2. The van der Waals surface area contributed by atoms with Gasteiger partial charge >= 0.3 is 7.60 Å². The third kappa shape index (κ3) is 5.14. The van der Waals surface area contributed by atoms with E-state index in [0.29, 0.717) is 12.8 Å². The van der Waals surface area contributed by atoms with Crippen LogP contribution in [0.3, 0.4) is 0 Å². The van der Waals surface area contributed by atoms with Crippen LogP contribution >= 0.6 is 7.60 Å². The van der Waals surface area contributed by atoms with Crippen LogP contribution in [0.25, 0.3) is 0 Å². The Hall–Kier alpha value is -1.67. The molecule has 20 heavy (non-hydrogen) atoms. The average Bonchev–Trinajstić information content (AvgIpc) is 2.39. The van der Waals surface area contributed by atoms with Crippen LogP contribution in [0.15, 0.2) is 72.1 Å². The summed E-state index contributed by atoms with van der Waals surface area (Å²) < 4.78 is 11.2. The van der Waals surface area contributed by atoms with Gasteiger partial charge in [-0.3, -0.25) is 4.57 Å². The molecule has 4 heteroatoms. The number of benzene rings is 2. The van der Waals surface area contributed by atoms with Gasteiger partial charge in [-0.05, 0) is 24.0 Å². The second kappa shape index (κ2) is 6.67. The predicted octanol–water partition coefficient (Wildman–Crippen LogP) is 3.53. The van der Waals surface area contributed by atoms with Gasteiger partial charge in [-0.25, -0.2) is 0 Å². The van der Waals surface area contributed by atoms with Crippen molar-refractivity contribution in [1.29, 1.82) is 0 Å². The molecule has 0 saturated heterocycles. The summed E-state index contributed by atoms with van der Waals surface area (Å²) >= 11 is 0. The first kappa shape index (κ1) is 14.7. The first-order valence-electron chi connectivity index (χ1n) is 6.37. The minimum Gasteiger partial charge on any atom is -0.321 e. The van der Waals surface area contributed by atoms with Crippen molar-refractivity contribution in [2.45, 2.75) is 12.8 Å². The van der Waals surface area contributed by atoms with Crippen molar-refractivity contribution >= 4 is 7.60 Å². The minimum atomic E-state index is -4.16. The number of rotatable bonds is 5. The highest BCUT2D eigenvalue weighted by Crippen LogP contribution is 2.38. The molecule has 3 nitrogen and oxygen atoms in total. The second-order valence-corrected chi connectivity index (χ2v) is 6.14. The molecule has 2 rings (SSSR count). The van der Waals surface area contributed by atoms with Crippen LogP contribution in [0.2, 0.25) is 0 Å². The summed E-state index contributed by atoms with van der Waals surface area (Å²) in [5.41, 5.74) is 2.82. The predicted molar refractivity (Wildman–Crippen MR) is 80.4 cm³/mol. The molecule has 0 heterocycles. The van der Waals surface area contributed by atoms with Gasteiger partial charge in [-0.15, -0.1) is 0 Å². The fourth-order valence-electron chi connectivity index (χ4n) is 2.11. The van der Waals surface area contributed by atoms with E-state index in [2.05, 4.69) is 0 Å². The zero-order valence-electron chi connectivity index (χ0n) is 11.0. The smallest absolute Gasteiger partial charge is 0.321 e. The SMILES string of the molecule is O=P(O)(O)C=C(Cc1ccccc1)Cc1ccccc1. The average molecular weight is 288 g/mol. The molecule has 2 aromatic carbocycles. The molecule has 0 bridgehead atoms. The van der Waals surface area contributed by atoms with Crippen LogP contribution < -0.4 is 0 Å². The minimum absolute atomic E-state index is 0.543. The molecular formula is C16H17O3P. The molecule has 0 aromatic heterocycles. The number of hydrogen-bond donors (Lipinski definition) is 2. The van der Waals surface area contributed by atoms with E-state index in [4.69, 9.17) is 0 Å². The van der Waals surface area contributed by atoms with Gasteiger partial charge in [-0.2, -0.15) is 0 Å². The zero-order valence-corrected chi connectivity index (χ0v) is 11.9. The van der Waals surface area contributed by atoms with Gasteiger partial charge in [0, 0.05) is 5.82 Å². The summed E-state index contributed by atoms with van der Waals surface area (Å²) in [6.45, 7) is 0. The summed E-state index contributed by atoms with van der Waals surface area (Å²) in [5, 5.41) is 0. The highest BCUT2D eigenvalue weighted by Gasteiger charge is 2.12. The van der Waals surface area contributed by atoms with Crippen molar-refractivity contribution in [3.8, 4) is 0 Å². The molecular weight excluding hydrogens is 271 g/mol. The van der Waals surface area contributed by atoms with Crippen molar-refractivity contribution in [3.05, 3.63) is 83.2 Å². The Morgan fingerprint density at radius 3 is 1.60 bits per heavy atom. The molecule has 2 aromatic rings. The van der Waals surface area contributed by atoms with Gasteiger partial charge in [-0.1, -0.05) is 66.2 Å². The Morgan fingerprint density at radius 2 is 1.25 bits per heavy atom. The Kier molecular flexibility index (Phi) is 4.91.